The van der Waals surface area contributed by atoms with Crippen LogP contribution in [-0.4, -0.2) is 16.0 Å². The second-order valence-electron chi connectivity index (χ2n) is 5.00. The first-order valence-electron chi connectivity index (χ1n) is 6.66. The summed E-state index contributed by atoms with van der Waals surface area (Å²) in [5.74, 6) is 0.615. The summed E-state index contributed by atoms with van der Waals surface area (Å²) in [7, 11) is 0. The zero-order valence-corrected chi connectivity index (χ0v) is 11.4. The van der Waals surface area contributed by atoms with Gasteiger partial charge in [-0.2, -0.15) is 0 Å². The van der Waals surface area contributed by atoms with E-state index in [0.717, 1.165) is 19.4 Å². The van der Waals surface area contributed by atoms with Gasteiger partial charge < -0.3 is 9.30 Å². The highest BCUT2D eigenvalue weighted by atomic mass is 16.5. The predicted molar refractivity (Wildman–Crippen MR) is 76.3 cm³/mol. The van der Waals surface area contributed by atoms with Gasteiger partial charge in [0.2, 0.25) is 0 Å². The fraction of sp³-hybridized carbons (Fsp3) is 0.250. The van der Waals surface area contributed by atoms with Crippen LogP contribution in [0.3, 0.4) is 0 Å². The van der Waals surface area contributed by atoms with Gasteiger partial charge >= 0.3 is 0 Å². The molecule has 1 aromatic carbocycles. The number of ether oxygens (including phenoxy) is 1. The van der Waals surface area contributed by atoms with Gasteiger partial charge in [0, 0.05) is 18.9 Å². The van der Waals surface area contributed by atoms with Crippen LogP contribution in [0.5, 0.6) is 5.75 Å². The van der Waals surface area contributed by atoms with Crippen LogP contribution >= 0.6 is 0 Å². The van der Waals surface area contributed by atoms with Crippen molar-refractivity contribution in [2.24, 2.45) is 0 Å². The zero-order chi connectivity index (χ0) is 13.9. The summed E-state index contributed by atoms with van der Waals surface area (Å²) in [5, 5.41) is 0. The summed E-state index contributed by atoms with van der Waals surface area (Å²) in [6, 6.07) is 5.84. The summed E-state index contributed by atoms with van der Waals surface area (Å²) >= 11 is 0. The number of imidazole rings is 1. The molecule has 4 heteroatoms. The first-order chi connectivity index (χ1) is 9.78. The van der Waals surface area contributed by atoms with Crippen molar-refractivity contribution in [2.75, 3.05) is 0 Å². The van der Waals surface area contributed by atoms with E-state index in [0.29, 0.717) is 12.2 Å². The van der Waals surface area contributed by atoms with Gasteiger partial charge in [-0.1, -0.05) is 6.07 Å². The van der Waals surface area contributed by atoms with Crippen molar-refractivity contribution in [1.29, 1.82) is 0 Å². The molecule has 1 heterocycles. The minimum atomic E-state index is 0.470. The van der Waals surface area contributed by atoms with E-state index >= 15 is 0 Å². The van der Waals surface area contributed by atoms with Crippen molar-refractivity contribution in [2.45, 2.75) is 26.3 Å². The molecule has 20 heavy (non-hydrogen) atoms. The van der Waals surface area contributed by atoms with Gasteiger partial charge in [-0.05, 0) is 54.2 Å². The molecular formula is C16H16N2O2. The first-order valence-corrected chi connectivity index (χ1v) is 6.66. The van der Waals surface area contributed by atoms with Gasteiger partial charge in [-0.25, -0.2) is 4.98 Å². The maximum atomic E-state index is 10.4. The van der Waals surface area contributed by atoms with Crippen molar-refractivity contribution in [3.05, 3.63) is 53.6 Å². The molecule has 0 spiro atoms. The molecule has 0 aliphatic heterocycles. The number of aromatic nitrogens is 2. The molecule has 2 aromatic rings. The summed E-state index contributed by atoms with van der Waals surface area (Å²) < 4.78 is 7.00. The van der Waals surface area contributed by atoms with E-state index in [1.807, 2.05) is 30.7 Å². The quantitative estimate of drug-likeness (QED) is 0.801. The number of aryl methyl sites for hydroxylation is 1. The first kappa shape index (κ1) is 12.7. The lowest BCUT2D eigenvalue weighted by Crippen LogP contribution is -2.08. The van der Waals surface area contributed by atoms with Crippen LogP contribution in [0.1, 0.15) is 24.5 Å². The monoisotopic (exact) mass is 268 g/mol. The average molecular weight is 268 g/mol. The number of hydrogen-bond donors (Lipinski definition) is 0. The lowest BCUT2D eigenvalue weighted by atomic mass is 9.86. The van der Waals surface area contributed by atoms with E-state index < -0.39 is 0 Å². The molecular weight excluding hydrogens is 252 g/mol. The molecule has 0 unspecified atom stereocenters. The standard InChI is InChI=1S/C16H16N2O2/c1-12-14(9-18-7-6-17-10-18)3-2-13-8-15(20-11-19)4-5-16(12)13/h4-8,10-11H,2-3,9H2,1H3. The van der Waals surface area contributed by atoms with Gasteiger partial charge in [-0.3, -0.25) is 4.79 Å². The van der Waals surface area contributed by atoms with Crippen molar-refractivity contribution in [3.8, 4) is 5.75 Å². The Balaban J connectivity index is 1.91. The van der Waals surface area contributed by atoms with Gasteiger partial charge in [0.05, 0.1) is 6.33 Å². The molecule has 0 saturated heterocycles. The SMILES string of the molecule is CC1=C(Cn2ccnc2)CCc2cc(OC=O)ccc21. The number of carbonyl (C=O) groups excluding carboxylic acids is 1. The lowest BCUT2D eigenvalue weighted by molar-refractivity contribution is -0.120. The van der Waals surface area contributed by atoms with Crippen LogP contribution in [0.15, 0.2) is 42.5 Å². The Hall–Kier alpha value is -2.36. The molecule has 0 N–H and O–H groups in total. The number of allylic oxidation sites excluding steroid dienone is 2. The van der Waals surface area contributed by atoms with Crippen LogP contribution < -0.4 is 4.74 Å². The third kappa shape index (κ3) is 2.37. The Kier molecular flexibility index (Phi) is 3.37. The molecule has 1 aromatic heterocycles. The average Bonchev–Trinajstić information content (AvgIpc) is 2.95. The van der Waals surface area contributed by atoms with E-state index in [4.69, 9.17) is 4.74 Å². The third-order valence-corrected chi connectivity index (χ3v) is 3.82. The molecule has 0 fully saturated rings. The Morgan fingerprint density at radius 1 is 1.40 bits per heavy atom. The largest absolute Gasteiger partial charge is 0.429 e. The van der Waals surface area contributed by atoms with Crippen molar-refractivity contribution < 1.29 is 9.53 Å². The number of rotatable bonds is 4. The number of nitrogens with zero attached hydrogens (tertiary/aromatic N) is 2. The molecule has 0 saturated carbocycles. The lowest BCUT2D eigenvalue weighted by Gasteiger charge is -2.22. The number of hydrogen-bond acceptors (Lipinski definition) is 3. The van der Waals surface area contributed by atoms with Gasteiger partial charge in [0.1, 0.15) is 5.75 Å². The Morgan fingerprint density at radius 3 is 3.05 bits per heavy atom. The summed E-state index contributed by atoms with van der Waals surface area (Å²) in [4.78, 5) is 14.5. The number of benzene rings is 1. The van der Waals surface area contributed by atoms with Crippen LogP contribution in [0, 0.1) is 0 Å². The fourth-order valence-corrected chi connectivity index (χ4v) is 2.73. The fourth-order valence-electron chi connectivity index (χ4n) is 2.73. The zero-order valence-electron chi connectivity index (χ0n) is 11.4. The molecule has 3 rings (SSSR count). The Morgan fingerprint density at radius 2 is 2.30 bits per heavy atom. The van der Waals surface area contributed by atoms with E-state index in [-0.39, 0.29) is 0 Å². The highest BCUT2D eigenvalue weighted by Gasteiger charge is 2.16. The summed E-state index contributed by atoms with van der Waals surface area (Å²) in [5.41, 5.74) is 5.25. The van der Waals surface area contributed by atoms with Crippen molar-refractivity contribution in [3.63, 3.8) is 0 Å². The van der Waals surface area contributed by atoms with Crippen LogP contribution in [0.25, 0.3) is 5.57 Å². The van der Waals surface area contributed by atoms with Crippen LogP contribution in [0.2, 0.25) is 0 Å². The van der Waals surface area contributed by atoms with Gasteiger partial charge in [0.25, 0.3) is 6.47 Å². The minimum absolute atomic E-state index is 0.470. The molecule has 0 radical (unpaired) electrons. The van der Waals surface area contributed by atoms with E-state index in [2.05, 4.69) is 16.5 Å². The molecule has 1 aliphatic rings. The normalized spacial score (nSPS) is 14.1. The van der Waals surface area contributed by atoms with Crippen LogP contribution in [-0.2, 0) is 17.8 Å². The summed E-state index contributed by atoms with van der Waals surface area (Å²) in [6.45, 7) is 3.51. The molecule has 4 nitrogen and oxygen atoms in total. The highest BCUT2D eigenvalue weighted by molar-refractivity contribution is 5.72. The molecule has 1 aliphatic carbocycles. The van der Waals surface area contributed by atoms with Gasteiger partial charge in [-0.15, -0.1) is 0 Å². The maximum Gasteiger partial charge on any atom is 0.298 e. The van der Waals surface area contributed by atoms with Crippen LogP contribution in [0.4, 0.5) is 0 Å². The second-order valence-corrected chi connectivity index (χ2v) is 5.00. The molecule has 102 valence electrons. The summed E-state index contributed by atoms with van der Waals surface area (Å²) in [6.07, 6.45) is 7.64. The Labute approximate surface area is 117 Å². The number of carbonyl (C=O) groups is 1. The van der Waals surface area contributed by atoms with E-state index in [9.17, 15) is 4.79 Å². The molecule has 0 amide bonds. The molecule has 0 atom stereocenters. The van der Waals surface area contributed by atoms with E-state index in [1.54, 1.807) is 6.20 Å². The highest BCUT2D eigenvalue weighted by Crippen LogP contribution is 2.33. The topological polar surface area (TPSA) is 44.1 Å². The Bertz CT molecular complexity index is 657. The third-order valence-electron chi connectivity index (χ3n) is 3.82. The minimum Gasteiger partial charge on any atom is -0.429 e. The van der Waals surface area contributed by atoms with Gasteiger partial charge in [0.15, 0.2) is 0 Å². The second kappa shape index (κ2) is 5.33. The van der Waals surface area contributed by atoms with Crippen molar-refractivity contribution >= 4 is 12.0 Å². The number of fused-ring (bicyclic) bond motifs is 1. The maximum absolute atomic E-state index is 10.4. The molecule has 0 bridgehead atoms. The van der Waals surface area contributed by atoms with E-state index in [1.165, 1.54) is 22.3 Å². The smallest absolute Gasteiger partial charge is 0.298 e. The van der Waals surface area contributed by atoms with Crippen molar-refractivity contribution in [1.82, 2.24) is 9.55 Å². The predicted octanol–water partition coefficient (Wildman–Crippen LogP) is 2.84.